The molecule has 0 unspecified atom stereocenters. The van der Waals surface area contributed by atoms with E-state index in [2.05, 4.69) is 16.4 Å². The highest BCUT2D eigenvalue weighted by atomic mass is 32.1. The first kappa shape index (κ1) is 21.0. The van der Waals surface area contributed by atoms with Gasteiger partial charge in [-0.25, -0.2) is 9.78 Å². The lowest BCUT2D eigenvalue weighted by molar-refractivity contribution is -0.124. The molecule has 1 amide bonds. The van der Waals surface area contributed by atoms with Crippen molar-refractivity contribution in [3.8, 4) is 5.75 Å². The van der Waals surface area contributed by atoms with Crippen molar-refractivity contribution in [2.45, 2.75) is 45.6 Å². The maximum Gasteiger partial charge on any atom is 0.338 e. The fourth-order valence-corrected chi connectivity index (χ4v) is 3.68. The average Bonchev–Trinajstić information content (AvgIpc) is 3.17. The van der Waals surface area contributed by atoms with Crippen LogP contribution in [0.1, 0.15) is 53.2 Å². The molecule has 1 heterocycles. The molecular formula is C22H26N2O4S. The van der Waals surface area contributed by atoms with E-state index in [0.717, 1.165) is 30.0 Å². The molecule has 7 heteroatoms. The summed E-state index contributed by atoms with van der Waals surface area (Å²) >= 11 is 1.58. The van der Waals surface area contributed by atoms with Gasteiger partial charge < -0.3 is 14.8 Å². The fourth-order valence-electron chi connectivity index (χ4n) is 3.08. The maximum atomic E-state index is 12.1. The Morgan fingerprint density at radius 2 is 2.03 bits per heavy atom. The molecule has 0 saturated heterocycles. The first-order valence-electron chi connectivity index (χ1n) is 9.86. The minimum Gasteiger partial charge on any atom is -0.487 e. The van der Waals surface area contributed by atoms with Crippen molar-refractivity contribution in [3.63, 3.8) is 0 Å². The first-order valence-corrected chi connectivity index (χ1v) is 10.7. The molecule has 1 aliphatic rings. The number of thiazole rings is 1. The van der Waals surface area contributed by atoms with E-state index in [9.17, 15) is 9.59 Å². The van der Waals surface area contributed by atoms with Crippen molar-refractivity contribution in [2.75, 3.05) is 13.2 Å². The molecule has 0 atom stereocenters. The average molecular weight is 415 g/mol. The van der Waals surface area contributed by atoms with E-state index < -0.39 is 5.97 Å². The summed E-state index contributed by atoms with van der Waals surface area (Å²) in [6.07, 6.45) is 7.86. The van der Waals surface area contributed by atoms with Crippen LogP contribution in [-0.2, 0) is 16.1 Å². The van der Waals surface area contributed by atoms with Crippen molar-refractivity contribution >= 4 is 23.2 Å². The molecule has 2 aromatic rings. The minimum atomic E-state index is -0.531. The third-order valence-corrected chi connectivity index (χ3v) is 5.45. The highest BCUT2D eigenvalue weighted by molar-refractivity contribution is 7.09. The number of esters is 1. The number of nitrogens with zero attached hydrogens (tertiary/aromatic N) is 1. The standard InChI is InChI=1S/C22H26N2O4S/c1-16-24-19(15-29-16)13-27-20-9-7-18(8-10-20)22(26)28-14-21(25)23-12-11-17-5-3-2-4-6-17/h5,7-10,15H,2-4,6,11-14H2,1H3,(H,23,25). The summed E-state index contributed by atoms with van der Waals surface area (Å²) in [5, 5.41) is 5.75. The number of aryl methyl sites for hydroxylation is 1. The Morgan fingerprint density at radius 1 is 1.21 bits per heavy atom. The van der Waals surface area contributed by atoms with Gasteiger partial charge in [0.15, 0.2) is 6.61 Å². The maximum absolute atomic E-state index is 12.1. The Balaban J connectivity index is 1.36. The molecule has 0 aliphatic heterocycles. The normalized spacial score (nSPS) is 13.5. The van der Waals surface area contributed by atoms with Gasteiger partial charge in [-0.15, -0.1) is 11.3 Å². The second kappa shape index (κ2) is 10.8. The third kappa shape index (κ3) is 7.02. The second-order valence-electron chi connectivity index (χ2n) is 6.96. The highest BCUT2D eigenvalue weighted by Crippen LogP contribution is 2.19. The van der Waals surface area contributed by atoms with Gasteiger partial charge in [0.1, 0.15) is 12.4 Å². The van der Waals surface area contributed by atoms with Crippen LogP contribution in [-0.4, -0.2) is 30.0 Å². The minimum absolute atomic E-state index is 0.278. The van der Waals surface area contributed by atoms with Crippen LogP contribution in [0.3, 0.4) is 0 Å². The summed E-state index contributed by atoms with van der Waals surface area (Å²) in [5.41, 5.74) is 2.66. The molecule has 1 aromatic carbocycles. The number of aromatic nitrogens is 1. The molecule has 29 heavy (non-hydrogen) atoms. The predicted molar refractivity (Wildman–Crippen MR) is 112 cm³/mol. The van der Waals surface area contributed by atoms with Crippen LogP contribution in [0.25, 0.3) is 0 Å². The Bertz CT molecular complexity index is 858. The molecule has 1 aliphatic carbocycles. The van der Waals surface area contributed by atoms with Gasteiger partial charge in [-0.1, -0.05) is 11.6 Å². The zero-order valence-electron chi connectivity index (χ0n) is 16.6. The van der Waals surface area contributed by atoms with Gasteiger partial charge in [-0.2, -0.15) is 0 Å². The molecule has 0 fully saturated rings. The van der Waals surface area contributed by atoms with Crippen molar-refractivity contribution < 1.29 is 19.1 Å². The topological polar surface area (TPSA) is 77.5 Å². The van der Waals surface area contributed by atoms with Gasteiger partial charge in [0.25, 0.3) is 5.91 Å². The summed E-state index contributed by atoms with van der Waals surface area (Å²) in [4.78, 5) is 28.3. The molecule has 1 N–H and O–H groups in total. The number of carbonyl (C=O) groups excluding carboxylic acids is 2. The summed E-state index contributed by atoms with van der Waals surface area (Å²) < 4.78 is 10.7. The lowest BCUT2D eigenvalue weighted by Crippen LogP contribution is -2.29. The number of rotatable bonds is 9. The lowest BCUT2D eigenvalue weighted by atomic mass is 9.97. The molecule has 0 bridgehead atoms. The van der Waals surface area contributed by atoms with E-state index in [1.54, 1.807) is 35.6 Å². The number of ether oxygens (including phenoxy) is 2. The monoisotopic (exact) mass is 414 g/mol. The third-order valence-electron chi connectivity index (χ3n) is 4.63. The van der Waals surface area contributed by atoms with E-state index >= 15 is 0 Å². The number of hydrogen-bond acceptors (Lipinski definition) is 6. The molecule has 0 spiro atoms. The van der Waals surface area contributed by atoms with E-state index in [4.69, 9.17) is 9.47 Å². The Kier molecular flexibility index (Phi) is 7.81. The van der Waals surface area contributed by atoms with Gasteiger partial charge in [-0.05, 0) is 63.3 Å². The van der Waals surface area contributed by atoms with Crippen LogP contribution in [0.4, 0.5) is 0 Å². The summed E-state index contributed by atoms with van der Waals surface area (Å²) in [7, 11) is 0. The number of nitrogens with one attached hydrogen (secondary N) is 1. The van der Waals surface area contributed by atoms with Crippen molar-refractivity contribution in [2.24, 2.45) is 0 Å². The van der Waals surface area contributed by atoms with Gasteiger partial charge >= 0.3 is 5.97 Å². The van der Waals surface area contributed by atoms with Crippen molar-refractivity contribution in [1.82, 2.24) is 10.3 Å². The number of benzene rings is 1. The number of carbonyl (C=O) groups is 2. The predicted octanol–water partition coefficient (Wildman–Crippen LogP) is 4.19. The molecule has 0 radical (unpaired) electrons. The van der Waals surface area contributed by atoms with Crippen LogP contribution in [0.5, 0.6) is 5.75 Å². The van der Waals surface area contributed by atoms with E-state index in [0.29, 0.717) is 24.5 Å². The summed E-state index contributed by atoms with van der Waals surface area (Å²) in [6, 6.07) is 6.65. The molecule has 1 aromatic heterocycles. The SMILES string of the molecule is Cc1nc(COc2ccc(C(=O)OCC(=O)NCCC3=CCCCC3)cc2)cs1. The van der Waals surface area contributed by atoms with E-state index in [1.807, 2.05) is 12.3 Å². The van der Waals surface area contributed by atoms with Crippen molar-refractivity contribution in [1.29, 1.82) is 0 Å². The van der Waals surface area contributed by atoms with Crippen LogP contribution in [0.2, 0.25) is 0 Å². The summed E-state index contributed by atoms with van der Waals surface area (Å²) in [6.45, 7) is 2.63. The Labute approximate surface area is 174 Å². The highest BCUT2D eigenvalue weighted by Gasteiger charge is 2.11. The molecule has 3 rings (SSSR count). The smallest absolute Gasteiger partial charge is 0.338 e. The molecular weight excluding hydrogens is 388 g/mol. The van der Waals surface area contributed by atoms with Crippen LogP contribution < -0.4 is 10.1 Å². The molecule has 154 valence electrons. The lowest BCUT2D eigenvalue weighted by Gasteiger charge is -2.13. The number of amides is 1. The molecule has 0 saturated carbocycles. The second-order valence-corrected chi connectivity index (χ2v) is 8.02. The Hall–Kier alpha value is -2.67. The zero-order chi connectivity index (χ0) is 20.5. The van der Waals surface area contributed by atoms with Gasteiger partial charge in [-0.3, -0.25) is 4.79 Å². The zero-order valence-corrected chi connectivity index (χ0v) is 17.4. The summed E-state index contributed by atoms with van der Waals surface area (Å²) in [5.74, 6) is -0.174. The Morgan fingerprint density at radius 3 is 2.72 bits per heavy atom. The quantitative estimate of drug-likeness (QED) is 0.492. The van der Waals surface area contributed by atoms with Gasteiger partial charge in [0.2, 0.25) is 0 Å². The molecule has 6 nitrogen and oxygen atoms in total. The van der Waals surface area contributed by atoms with Crippen LogP contribution in [0, 0.1) is 6.92 Å². The van der Waals surface area contributed by atoms with Crippen LogP contribution in [0.15, 0.2) is 41.3 Å². The first-order chi connectivity index (χ1) is 14.1. The van der Waals surface area contributed by atoms with Crippen molar-refractivity contribution in [3.05, 3.63) is 57.6 Å². The van der Waals surface area contributed by atoms with Gasteiger partial charge in [0.05, 0.1) is 16.3 Å². The number of allylic oxidation sites excluding steroid dienone is 1. The number of hydrogen-bond donors (Lipinski definition) is 1. The largest absolute Gasteiger partial charge is 0.487 e. The van der Waals surface area contributed by atoms with E-state index in [-0.39, 0.29) is 12.5 Å². The van der Waals surface area contributed by atoms with E-state index in [1.165, 1.54) is 18.4 Å². The fraction of sp³-hybridized carbons (Fsp3) is 0.409. The van der Waals surface area contributed by atoms with Crippen LogP contribution >= 0.6 is 11.3 Å². The van der Waals surface area contributed by atoms with Gasteiger partial charge in [0, 0.05) is 11.9 Å².